The molecule has 0 bridgehead atoms. The molecule has 0 aliphatic carbocycles. The Labute approximate surface area is 179 Å². The van der Waals surface area contributed by atoms with E-state index in [1.807, 2.05) is 48.5 Å². The van der Waals surface area contributed by atoms with E-state index in [9.17, 15) is 15.1 Å². The van der Waals surface area contributed by atoms with Crippen LogP contribution in [0.4, 0.5) is 0 Å². The normalized spacial score (nSPS) is 13.6. The Balaban J connectivity index is 2.02. The number of rotatable bonds is 11. The minimum Gasteiger partial charge on any atom is -0.491 e. The van der Waals surface area contributed by atoms with Gasteiger partial charge in [-0.1, -0.05) is 65.9 Å². The second kappa shape index (κ2) is 10.7. The summed E-state index contributed by atoms with van der Waals surface area (Å²) in [4.78, 5) is 10.1. The van der Waals surface area contributed by atoms with Crippen molar-refractivity contribution in [3.63, 3.8) is 0 Å². The van der Waals surface area contributed by atoms with E-state index in [-0.39, 0.29) is 25.2 Å². The fourth-order valence-corrected chi connectivity index (χ4v) is 2.92. The van der Waals surface area contributed by atoms with Gasteiger partial charge in [0.15, 0.2) is 0 Å². The molecule has 0 aliphatic heterocycles. The van der Waals surface area contributed by atoms with Crippen molar-refractivity contribution in [3.8, 4) is 11.5 Å². The fourth-order valence-electron chi connectivity index (χ4n) is 2.67. The van der Waals surface area contributed by atoms with Gasteiger partial charge in [0, 0.05) is 9.84 Å². The lowest BCUT2D eigenvalue weighted by Gasteiger charge is -2.26. The number of hydrogen-bond acceptors (Lipinski definition) is 6. The molecule has 0 amide bonds. The molecule has 7 heteroatoms. The first-order chi connectivity index (χ1) is 13.4. The summed E-state index contributed by atoms with van der Waals surface area (Å²) < 4.78 is 11.7. The third-order valence-corrected chi connectivity index (χ3v) is 5.52. The molecule has 0 radical (unpaired) electrons. The van der Waals surface area contributed by atoms with Crippen LogP contribution in [0, 0.1) is 4.91 Å². The average Bonchev–Trinajstić information content (AvgIpc) is 2.71. The molecule has 6 nitrogen and oxygen atoms in total. The molecule has 0 spiro atoms. The molecule has 0 saturated carbocycles. The molecule has 28 heavy (non-hydrogen) atoms. The second-order valence-electron chi connectivity index (χ2n) is 7.07. The van der Waals surface area contributed by atoms with E-state index in [0.717, 1.165) is 16.9 Å². The van der Waals surface area contributed by atoms with E-state index in [0.29, 0.717) is 10.2 Å². The number of hydrogen-bond donors (Lipinski definition) is 2. The van der Waals surface area contributed by atoms with Gasteiger partial charge in [-0.3, -0.25) is 0 Å². The van der Waals surface area contributed by atoms with Crippen molar-refractivity contribution < 1.29 is 19.7 Å². The highest BCUT2D eigenvalue weighted by atomic mass is 127. The van der Waals surface area contributed by atoms with Gasteiger partial charge in [-0.15, -0.1) is 0 Å². The van der Waals surface area contributed by atoms with Gasteiger partial charge in [0.05, 0.1) is 6.10 Å². The van der Waals surface area contributed by atoms with Crippen molar-refractivity contribution in [3.05, 3.63) is 64.6 Å². The summed E-state index contributed by atoms with van der Waals surface area (Å²) in [7, 11) is 0. The lowest BCUT2D eigenvalue weighted by atomic mass is 9.78. The minimum atomic E-state index is -0.896. The summed E-state index contributed by atoms with van der Waals surface area (Å²) in [6.45, 7) is 4.41. The molecule has 2 aromatic carbocycles. The van der Waals surface area contributed by atoms with Crippen molar-refractivity contribution in [2.75, 3.05) is 24.2 Å². The summed E-state index contributed by atoms with van der Waals surface area (Å²) in [5.41, 5.74) is 2.03. The van der Waals surface area contributed by atoms with Crippen molar-refractivity contribution >= 4 is 22.6 Å². The predicted octanol–water partition coefficient (Wildman–Crippen LogP) is 3.69. The van der Waals surface area contributed by atoms with Crippen LogP contribution in [0.5, 0.6) is 11.5 Å². The largest absolute Gasteiger partial charge is 0.491 e. The first-order valence-corrected chi connectivity index (χ1v) is 10.6. The molecule has 2 atom stereocenters. The van der Waals surface area contributed by atoms with Crippen molar-refractivity contribution in [1.82, 2.24) is 0 Å². The minimum absolute atomic E-state index is 0.0300. The standard InChI is InChI=1S/C21H26INO5/c1-21(2,15-3-7-19(8-4-15)27-13-17(24)11-22)16-5-9-20(10-6-16)28-14-18(25)12-23-26/h3-10,17-18,24-25H,11-14H2,1-2H3. The number of benzene rings is 2. The number of aliphatic hydroxyl groups excluding tert-OH is 2. The Kier molecular flexibility index (Phi) is 8.65. The quantitative estimate of drug-likeness (QED) is 0.280. The Morgan fingerprint density at radius 1 is 0.893 bits per heavy atom. The van der Waals surface area contributed by atoms with E-state index in [4.69, 9.17) is 9.47 Å². The highest BCUT2D eigenvalue weighted by molar-refractivity contribution is 14.1. The van der Waals surface area contributed by atoms with Crippen molar-refractivity contribution in [2.24, 2.45) is 5.18 Å². The monoisotopic (exact) mass is 499 g/mol. The van der Waals surface area contributed by atoms with Crippen LogP contribution in [0.25, 0.3) is 0 Å². The van der Waals surface area contributed by atoms with Crippen LogP contribution in [0.15, 0.2) is 53.7 Å². The molecular formula is C21H26INO5. The van der Waals surface area contributed by atoms with E-state index >= 15 is 0 Å². The molecule has 0 aliphatic rings. The number of aliphatic hydroxyl groups is 2. The van der Waals surface area contributed by atoms with Gasteiger partial charge in [0.25, 0.3) is 0 Å². The number of ether oxygens (including phenoxy) is 2. The molecule has 152 valence electrons. The van der Waals surface area contributed by atoms with Gasteiger partial charge in [0.2, 0.25) is 0 Å². The zero-order valence-corrected chi connectivity index (χ0v) is 18.2. The van der Waals surface area contributed by atoms with Crippen LogP contribution < -0.4 is 9.47 Å². The summed E-state index contributed by atoms with van der Waals surface area (Å²) >= 11 is 2.12. The van der Waals surface area contributed by atoms with Gasteiger partial charge in [-0.2, -0.15) is 4.91 Å². The van der Waals surface area contributed by atoms with E-state index in [1.165, 1.54) is 0 Å². The maximum Gasteiger partial charge on any atom is 0.119 e. The summed E-state index contributed by atoms with van der Waals surface area (Å²) in [5.74, 6) is 1.36. The summed E-state index contributed by atoms with van der Waals surface area (Å²) in [5, 5.41) is 21.8. The van der Waals surface area contributed by atoms with Crippen molar-refractivity contribution in [2.45, 2.75) is 31.5 Å². The van der Waals surface area contributed by atoms with Crippen LogP contribution in [0.3, 0.4) is 0 Å². The van der Waals surface area contributed by atoms with E-state index < -0.39 is 12.2 Å². The molecule has 0 saturated heterocycles. The van der Waals surface area contributed by atoms with Crippen LogP contribution in [0.1, 0.15) is 25.0 Å². The van der Waals surface area contributed by atoms with E-state index in [1.54, 1.807) is 0 Å². The molecule has 2 unspecified atom stereocenters. The van der Waals surface area contributed by atoms with Gasteiger partial charge in [0.1, 0.15) is 37.4 Å². The number of nitrogens with zero attached hydrogens (tertiary/aromatic N) is 1. The highest BCUT2D eigenvalue weighted by Crippen LogP contribution is 2.33. The zero-order valence-electron chi connectivity index (χ0n) is 16.0. The first-order valence-electron chi connectivity index (χ1n) is 9.04. The fraction of sp³-hybridized carbons (Fsp3) is 0.429. The molecule has 0 fully saturated rings. The SMILES string of the molecule is CC(C)(c1ccc(OCC(O)CI)cc1)c1ccc(OCC(O)CN=O)cc1. The number of halogens is 1. The Morgan fingerprint density at radius 3 is 1.71 bits per heavy atom. The van der Waals surface area contributed by atoms with Crippen LogP contribution >= 0.6 is 22.6 Å². The third-order valence-electron chi connectivity index (χ3n) is 4.50. The van der Waals surface area contributed by atoms with Crippen LogP contribution in [0.2, 0.25) is 0 Å². The van der Waals surface area contributed by atoms with Crippen LogP contribution in [-0.2, 0) is 5.41 Å². The molecule has 0 aromatic heterocycles. The summed E-state index contributed by atoms with van der Waals surface area (Å²) in [6.07, 6.45) is -1.36. The van der Waals surface area contributed by atoms with Gasteiger partial charge in [-0.05, 0) is 35.4 Å². The molecule has 0 heterocycles. The maximum absolute atomic E-state index is 10.1. The molecular weight excluding hydrogens is 473 g/mol. The van der Waals surface area contributed by atoms with Crippen molar-refractivity contribution in [1.29, 1.82) is 0 Å². The van der Waals surface area contributed by atoms with E-state index in [2.05, 4.69) is 41.6 Å². The first kappa shape index (κ1) is 22.6. The maximum atomic E-state index is 10.1. The smallest absolute Gasteiger partial charge is 0.119 e. The lowest BCUT2D eigenvalue weighted by molar-refractivity contribution is 0.114. The Morgan fingerprint density at radius 2 is 1.32 bits per heavy atom. The Bertz CT molecular complexity index is 733. The molecule has 2 N–H and O–H groups in total. The topological polar surface area (TPSA) is 88.3 Å². The molecule has 2 rings (SSSR count). The number of alkyl halides is 1. The van der Waals surface area contributed by atoms with Crippen LogP contribution in [-0.4, -0.2) is 46.6 Å². The predicted molar refractivity (Wildman–Crippen MR) is 118 cm³/mol. The Hall–Kier alpha value is -1.71. The van der Waals surface area contributed by atoms with Gasteiger partial charge < -0.3 is 19.7 Å². The van der Waals surface area contributed by atoms with Gasteiger partial charge >= 0.3 is 0 Å². The second-order valence-corrected chi connectivity index (χ2v) is 7.95. The average molecular weight is 499 g/mol. The third kappa shape index (κ3) is 6.42. The van der Waals surface area contributed by atoms with Gasteiger partial charge in [-0.25, -0.2) is 0 Å². The summed E-state index contributed by atoms with van der Waals surface area (Å²) in [6, 6.07) is 15.6. The zero-order chi connectivity index (χ0) is 20.6. The highest BCUT2D eigenvalue weighted by Gasteiger charge is 2.23. The molecule has 2 aromatic rings. The number of nitroso groups, excluding NO2 is 1. The lowest BCUT2D eigenvalue weighted by Crippen LogP contribution is -2.21.